The van der Waals surface area contributed by atoms with E-state index in [9.17, 15) is 5.11 Å². The number of nitrogens with zero attached hydrogens (tertiary/aromatic N) is 1. The van der Waals surface area contributed by atoms with Gasteiger partial charge < -0.3 is 9.84 Å². The van der Waals surface area contributed by atoms with Gasteiger partial charge in [-0.2, -0.15) is 0 Å². The van der Waals surface area contributed by atoms with Crippen LogP contribution in [0.3, 0.4) is 0 Å². The van der Waals surface area contributed by atoms with Crippen LogP contribution in [-0.4, -0.2) is 23.8 Å². The van der Waals surface area contributed by atoms with Gasteiger partial charge in [-0.3, -0.25) is 0 Å². The van der Waals surface area contributed by atoms with E-state index >= 15 is 0 Å². The summed E-state index contributed by atoms with van der Waals surface area (Å²) in [7, 11) is 1.60. The second kappa shape index (κ2) is 4.94. The van der Waals surface area contributed by atoms with E-state index in [1.807, 2.05) is 19.9 Å². The first-order valence-corrected chi connectivity index (χ1v) is 5.57. The van der Waals surface area contributed by atoms with Gasteiger partial charge in [0.1, 0.15) is 0 Å². The van der Waals surface area contributed by atoms with E-state index in [0.717, 1.165) is 16.5 Å². The van der Waals surface area contributed by atoms with Gasteiger partial charge in [0.25, 0.3) is 0 Å². The third kappa shape index (κ3) is 3.47. The summed E-state index contributed by atoms with van der Waals surface area (Å²) < 4.78 is 6.10. The molecule has 0 saturated heterocycles. The molecule has 0 amide bonds. The molecule has 1 aromatic heterocycles. The molecule has 15 heavy (non-hydrogen) atoms. The van der Waals surface area contributed by atoms with Gasteiger partial charge in [0.15, 0.2) is 0 Å². The molecule has 1 aromatic rings. The Hall–Kier alpha value is -0.610. The first-order valence-electron chi connectivity index (χ1n) is 4.78. The highest BCUT2D eigenvalue weighted by Crippen LogP contribution is 2.27. The Morgan fingerprint density at radius 1 is 1.53 bits per heavy atom. The highest BCUT2D eigenvalue weighted by Gasteiger charge is 2.20. The highest BCUT2D eigenvalue weighted by molar-refractivity contribution is 9.10. The molecular formula is C11H16BrNO2. The molecule has 0 aromatic carbocycles. The monoisotopic (exact) mass is 273 g/mol. The van der Waals surface area contributed by atoms with Gasteiger partial charge in [0, 0.05) is 22.8 Å². The van der Waals surface area contributed by atoms with E-state index in [1.54, 1.807) is 13.3 Å². The van der Waals surface area contributed by atoms with Crippen molar-refractivity contribution in [3.05, 3.63) is 22.3 Å². The molecular weight excluding hydrogens is 258 g/mol. The average molecular weight is 274 g/mol. The summed E-state index contributed by atoms with van der Waals surface area (Å²) in [6, 6.07) is 1.98. The van der Waals surface area contributed by atoms with E-state index in [4.69, 9.17) is 4.74 Å². The molecule has 0 bridgehead atoms. The maximum absolute atomic E-state index is 9.22. The van der Waals surface area contributed by atoms with Gasteiger partial charge in [-0.15, -0.1) is 0 Å². The molecule has 0 aliphatic carbocycles. The third-order valence-corrected chi connectivity index (χ3v) is 2.62. The van der Waals surface area contributed by atoms with Gasteiger partial charge in [-0.05, 0) is 33.8 Å². The molecule has 0 fully saturated rings. The third-order valence-electron chi connectivity index (χ3n) is 2.18. The second-order valence-electron chi connectivity index (χ2n) is 4.32. The smallest absolute Gasteiger partial charge is 0.216 e. The van der Waals surface area contributed by atoms with Crippen molar-refractivity contribution in [2.45, 2.75) is 20.3 Å². The molecule has 4 heteroatoms. The lowest BCUT2D eigenvalue weighted by Crippen LogP contribution is -2.20. The molecule has 1 N–H and O–H groups in total. The van der Waals surface area contributed by atoms with E-state index in [1.165, 1.54) is 0 Å². The number of aromatic nitrogens is 1. The van der Waals surface area contributed by atoms with E-state index in [0.29, 0.717) is 5.88 Å². The van der Waals surface area contributed by atoms with Gasteiger partial charge in [0.05, 0.1) is 7.11 Å². The van der Waals surface area contributed by atoms with E-state index in [-0.39, 0.29) is 12.0 Å². The fraction of sp³-hybridized carbons (Fsp3) is 0.545. The van der Waals surface area contributed by atoms with Gasteiger partial charge in [0.2, 0.25) is 5.88 Å². The lowest BCUT2D eigenvalue weighted by atomic mass is 9.87. The number of hydrogen-bond acceptors (Lipinski definition) is 3. The number of pyridine rings is 1. The zero-order valence-electron chi connectivity index (χ0n) is 9.25. The highest BCUT2D eigenvalue weighted by atomic mass is 79.9. The van der Waals surface area contributed by atoms with E-state index < -0.39 is 0 Å². The van der Waals surface area contributed by atoms with Crippen LogP contribution in [0.5, 0.6) is 5.88 Å². The fourth-order valence-electron chi connectivity index (χ4n) is 1.35. The Kier molecular flexibility index (Phi) is 4.11. The number of methoxy groups -OCH3 is 1. The van der Waals surface area contributed by atoms with Crippen molar-refractivity contribution in [2.24, 2.45) is 5.41 Å². The molecule has 3 nitrogen and oxygen atoms in total. The molecule has 0 aliphatic rings. The summed E-state index contributed by atoms with van der Waals surface area (Å²) in [4.78, 5) is 4.16. The van der Waals surface area contributed by atoms with Crippen LogP contribution in [-0.2, 0) is 6.42 Å². The molecule has 0 saturated carbocycles. The summed E-state index contributed by atoms with van der Waals surface area (Å²) in [6.45, 7) is 4.16. The lowest BCUT2D eigenvalue weighted by Gasteiger charge is -2.22. The molecule has 0 radical (unpaired) electrons. The van der Waals surface area contributed by atoms with Crippen molar-refractivity contribution in [3.8, 4) is 5.88 Å². The number of rotatable bonds is 4. The number of hydrogen-bond donors (Lipinski definition) is 1. The normalized spacial score (nSPS) is 11.5. The molecule has 0 atom stereocenters. The van der Waals surface area contributed by atoms with Crippen LogP contribution in [0.15, 0.2) is 16.7 Å². The number of halogens is 1. The summed E-state index contributed by atoms with van der Waals surface area (Å²) in [5.41, 5.74) is 0.848. The van der Waals surface area contributed by atoms with Crippen LogP contribution in [0, 0.1) is 5.41 Å². The van der Waals surface area contributed by atoms with Crippen molar-refractivity contribution in [2.75, 3.05) is 13.7 Å². The standard InChI is InChI=1S/C11H16BrNO2/c1-11(2,7-14)5-8-4-9(12)6-13-10(8)15-3/h4,6,14H,5,7H2,1-3H3. The predicted octanol–water partition coefficient (Wildman–Crippen LogP) is 2.41. The Morgan fingerprint density at radius 3 is 2.73 bits per heavy atom. The zero-order chi connectivity index (χ0) is 11.5. The molecule has 1 rings (SSSR count). The Labute approximate surface area is 98.6 Å². The first kappa shape index (κ1) is 12.5. The zero-order valence-corrected chi connectivity index (χ0v) is 10.8. The van der Waals surface area contributed by atoms with Crippen molar-refractivity contribution in [3.63, 3.8) is 0 Å². The van der Waals surface area contributed by atoms with Crippen LogP contribution < -0.4 is 4.74 Å². The minimum absolute atomic E-state index is 0.142. The van der Waals surface area contributed by atoms with Crippen LogP contribution >= 0.6 is 15.9 Å². The van der Waals surface area contributed by atoms with Gasteiger partial charge >= 0.3 is 0 Å². The van der Waals surface area contributed by atoms with Crippen molar-refractivity contribution in [1.29, 1.82) is 0 Å². The first-order chi connectivity index (χ1) is 6.98. The number of ether oxygens (including phenoxy) is 1. The summed E-state index contributed by atoms with van der Waals surface area (Å²) in [5.74, 6) is 0.625. The molecule has 0 unspecified atom stereocenters. The Morgan fingerprint density at radius 2 is 2.20 bits per heavy atom. The van der Waals surface area contributed by atoms with Crippen LogP contribution in [0.2, 0.25) is 0 Å². The topological polar surface area (TPSA) is 42.4 Å². The second-order valence-corrected chi connectivity index (χ2v) is 5.24. The lowest BCUT2D eigenvalue weighted by molar-refractivity contribution is 0.158. The Balaban J connectivity index is 2.97. The molecule has 0 aliphatic heterocycles. The largest absolute Gasteiger partial charge is 0.481 e. The van der Waals surface area contributed by atoms with Crippen molar-refractivity contribution >= 4 is 15.9 Å². The molecule has 84 valence electrons. The molecule has 1 heterocycles. The quantitative estimate of drug-likeness (QED) is 0.916. The number of aliphatic hydroxyl groups excluding tert-OH is 1. The van der Waals surface area contributed by atoms with Gasteiger partial charge in [-0.25, -0.2) is 4.98 Å². The van der Waals surface area contributed by atoms with Crippen LogP contribution in [0.4, 0.5) is 0 Å². The van der Waals surface area contributed by atoms with Crippen molar-refractivity contribution < 1.29 is 9.84 Å². The predicted molar refractivity (Wildman–Crippen MR) is 63.1 cm³/mol. The SMILES string of the molecule is COc1ncc(Br)cc1CC(C)(C)CO. The minimum atomic E-state index is -0.157. The van der Waals surface area contributed by atoms with Crippen LogP contribution in [0.25, 0.3) is 0 Å². The van der Waals surface area contributed by atoms with Crippen molar-refractivity contribution in [1.82, 2.24) is 4.98 Å². The number of aliphatic hydroxyl groups is 1. The summed E-state index contributed by atoms with van der Waals surface area (Å²) in [5, 5.41) is 9.22. The van der Waals surface area contributed by atoms with Gasteiger partial charge in [-0.1, -0.05) is 13.8 Å². The maximum Gasteiger partial charge on any atom is 0.216 e. The average Bonchev–Trinajstić information content (AvgIpc) is 2.18. The summed E-state index contributed by atoms with van der Waals surface area (Å²) in [6.07, 6.45) is 2.44. The summed E-state index contributed by atoms with van der Waals surface area (Å²) >= 11 is 3.37. The molecule has 0 spiro atoms. The fourth-order valence-corrected chi connectivity index (χ4v) is 1.73. The Bertz CT molecular complexity index is 339. The van der Waals surface area contributed by atoms with E-state index in [2.05, 4.69) is 20.9 Å². The minimum Gasteiger partial charge on any atom is -0.481 e. The maximum atomic E-state index is 9.22. The van der Waals surface area contributed by atoms with Crippen LogP contribution in [0.1, 0.15) is 19.4 Å².